The first-order chi connectivity index (χ1) is 15.5. The third-order valence-corrected chi connectivity index (χ3v) is 6.04. The number of thiazole rings is 1. The lowest BCUT2D eigenvalue weighted by molar-refractivity contribution is -0.143. The van der Waals surface area contributed by atoms with Gasteiger partial charge in [0, 0.05) is 5.38 Å². The monoisotopic (exact) mass is 473 g/mol. The number of thiophene rings is 1. The van der Waals surface area contributed by atoms with Crippen LogP contribution in [0.1, 0.15) is 40.3 Å². The molecule has 168 valence electrons. The Morgan fingerprint density at radius 3 is 2.72 bits per heavy atom. The topological polar surface area (TPSA) is 107 Å². The number of ether oxygens (including phenoxy) is 2. The Morgan fingerprint density at radius 2 is 2.00 bits per heavy atom. The molecule has 8 nitrogen and oxygen atoms in total. The van der Waals surface area contributed by atoms with Gasteiger partial charge in [-0.25, -0.2) is 4.98 Å². The van der Waals surface area contributed by atoms with Crippen molar-refractivity contribution in [3.8, 4) is 5.75 Å². The largest absolute Gasteiger partial charge is 0.497 e. The number of amides is 2. The quantitative estimate of drug-likeness (QED) is 0.434. The zero-order valence-electron chi connectivity index (χ0n) is 17.6. The number of aromatic nitrogens is 1. The second kappa shape index (κ2) is 11.4. The Bertz CT molecular complexity index is 1070. The Hall–Kier alpha value is -3.24. The van der Waals surface area contributed by atoms with Gasteiger partial charge < -0.3 is 14.8 Å². The zero-order chi connectivity index (χ0) is 22.9. The van der Waals surface area contributed by atoms with E-state index in [4.69, 9.17) is 9.47 Å². The number of benzene rings is 1. The van der Waals surface area contributed by atoms with Crippen LogP contribution in [0.4, 0.5) is 5.13 Å². The number of nitrogens with one attached hydrogen (secondary N) is 2. The number of carbonyl (C=O) groups excluding carboxylic acids is 3. The number of rotatable bonds is 10. The number of carbonyl (C=O) groups is 3. The van der Waals surface area contributed by atoms with Crippen molar-refractivity contribution in [2.24, 2.45) is 0 Å². The van der Waals surface area contributed by atoms with Crippen LogP contribution in [-0.2, 0) is 20.7 Å². The molecule has 0 fully saturated rings. The molecule has 2 aromatic heterocycles. The van der Waals surface area contributed by atoms with Crippen molar-refractivity contribution in [3.05, 3.63) is 63.3 Å². The summed E-state index contributed by atoms with van der Waals surface area (Å²) in [7, 11) is 1.55. The second-order valence-corrected chi connectivity index (χ2v) is 8.46. The second-order valence-electron chi connectivity index (χ2n) is 6.66. The minimum Gasteiger partial charge on any atom is -0.497 e. The third kappa shape index (κ3) is 6.63. The normalized spacial score (nSPS) is 11.4. The van der Waals surface area contributed by atoms with Gasteiger partial charge in [-0.1, -0.05) is 18.2 Å². The SMILES string of the molecule is CCOC(=O)CC(NC(=O)Cc1csc(NC(=O)c2cccs2)n1)c1cccc(OC)c1. The summed E-state index contributed by atoms with van der Waals surface area (Å²) < 4.78 is 10.3. The van der Waals surface area contributed by atoms with Gasteiger partial charge in [0.05, 0.1) is 43.2 Å². The van der Waals surface area contributed by atoms with Crippen molar-refractivity contribution < 1.29 is 23.9 Å². The predicted molar refractivity (Wildman–Crippen MR) is 123 cm³/mol. The number of hydrogen-bond donors (Lipinski definition) is 2. The molecule has 10 heteroatoms. The van der Waals surface area contributed by atoms with E-state index in [0.29, 0.717) is 21.5 Å². The van der Waals surface area contributed by atoms with Gasteiger partial charge in [-0.3, -0.25) is 19.7 Å². The summed E-state index contributed by atoms with van der Waals surface area (Å²) in [6.45, 7) is 1.99. The molecule has 3 aromatic rings. The van der Waals surface area contributed by atoms with E-state index < -0.39 is 12.0 Å². The van der Waals surface area contributed by atoms with E-state index in [1.54, 1.807) is 49.7 Å². The molecule has 3 rings (SSSR count). The minimum atomic E-state index is -0.576. The van der Waals surface area contributed by atoms with Crippen molar-refractivity contribution in [2.45, 2.75) is 25.8 Å². The highest BCUT2D eigenvalue weighted by Gasteiger charge is 2.21. The number of nitrogens with zero attached hydrogens (tertiary/aromatic N) is 1. The van der Waals surface area contributed by atoms with Gasteiger partial charge >= 0.3 is 5.97 Å². The van der Waals surface area contributed by atoms with Crippen LogP contribution in [-0.4, -0.2) is 36.5 Å². The van der Waals surface area contributed by atoms with E-state index >= 15 is 0 Å². The molecule has 0 aliphatic heterocycles. The summed E-state index contributed by atoms with van der Waals surface area (Å²) in [5.74, 6) is -0.328. The first kappa shape index (κ1) is 23.4. The Morgan fingerprint density at radius 1 is 1.16 bits per heavy atom. The van der Waals surface area contributed by atoms with E-state index in [1.807, 2.05) is 11.4 Å². The molecule has 1 aromatic carbocycles. The standard InChI is InChI=1S/C22H23N3O5S2/c1-3-30-20(27)12-17(14-6-4-7-16(10-14)29-2)24-19(26)11-15-13-32-22(23-15)25-21(28)18-8-5-9-31-18/h4-10,13,17H,3,11-12H2,1-2H3,(H,24,26)(H,23,25,28). The highest BCUT2D eigenvalue weighted by Crippen LogP contribution is 2.23. The Balaban J connectivity index is 1.64. The average Bonchev–Trinajstić information content (AvgIpc) is 3.46. The molecule has 0 aliphatic carbocycles. The first-order valence-electron chi connectivity index (χ1n) is 9.86. The Labute approximate surface area is 193 Å². The van der Waals surface area contributed by atoms with Crippen molar-refractivity contribution >= 4 is 45.6 Å². The lowest BCUT2D eigenvalue weighted by atomic mass is 10.0. The van der Waals surface area contributed by atoms with Gasteiger partial charge in [0.15, 0.2) is 5.13 Å². The molecule has 0 aliphatic rings. The molecule has 0 saturated heterocycles. The van der Waals surface area contributed by atoms with Crippen LogP contribution in [0.5, 0.6) is 5.75 Å². The maximum atomic E-state index is 12.7. The van der Waals surface area contributed by atoms with Gasteiger partial charge in [-0.15, -0.1) is 22.7 Å². The molecular weight excluding hydrogens is 450 g/mol. The smallest absolute Gasteiger partial charge is 0.308 e. The predicted octanol–water partition coefficient (Wildman–Crippen LogP) is 3.82. The van der Waals surface area contributed by atoms with Gasteiger partial charge in [-0.2, -0.15) is 0 Å². The highest BCUT2D eigenvalue weighted by molar-refractivity contribution is 7.14. The molecule has 0 radical (unpaired) electrons. The molecule has 2 amide bonds. The summed E-state index contributed by atoms with van der Waals surface area (Å²) in [6, 6.07) is 10.1. The molecule has 0 saturated carbocycles. The molecule has 0 spiro atoms. The van der Waals surface area contributed by atoms with E-state index in [2.05, 4.69) is 15.6 Å². The molecule has 0 bridgehead atoms. The molecule has 1 atom stereocenters. The van der Waals surface area contributed by atoms with Crippen LogP contribution >= 0.6 is 22.7 Å². The summed E-state index contributed by atoms with van der Waals surface area (Å²) >= 11 is 2.58. The van der Waals surface area contributed by atoms with Crippen molar-refractivity contribution in [2.75, 3.05) is 19.0 Å². The molecule has 32 heavy (non-hydrogen) atoms. The van der Waals surface area contributed by atoms with Crippen LogP contribution in [0.15, 0.2) is 47.2 Å². The summed E-state index contributed by atoms with van der Waals surface area (Å²) in [6.07, 6.45) is 0.000596. The fraction of sp³-hybridized carbons (Fsp3) is 0.273. The minimum absolute atomic E-state index is 0.00800. The van der Waals surface area contributed by atoms with E-state index in [9.17, 15) is 14.4 Å². The van der Waals surface area contributed by atoms with Gasteiger partial charge in [0.25, 0.3) is 5.91 Å². The molecular formula is C22H23N3O5S2. The van der Waals surface area contributed by atoms with Crippen molar-refractivity contribution in [1.29, 1.82) is 0 Å². The van der Waals surface area contributed by atoms with Gasteiger partial charge in [0.1, 0.15) is 5.75 Å². The Kier molecular flexibility index (Phi) is 8.34. The highest BCUT2D eigenvalue weighted by atomic mass is 32.1. The maximum Gasteiger partial charge on any atom is 0.308 e. The molecule has 2 heterocycles. The fourth-order valence-electron chi connectivity index (χ4n) is 2.92. The number of methoxy groups -OCH3 is 1. The van der Waals surface area contributed by atoms with Crippen molar-refractivity contribution in [3.63, 3.8) is 0 Å². The summed E-state index contributed by atoms with van der Waals surface area (Å²) in [4.78, 5) is 41.8. The van der Waals surface area contributed by atoms with E-state index in [-0.39, 0.29) is 31.3 Å². The third-order valence-electron chi connectivity index (χ3n) is 4.37. The van der Waals surface area contributed by atoms with Crippen LogP contribution < -0.4 is 15.4 Å². The zero-order valence-corrected chi connectivity index (χ0v) is 19.3. The van der Waals surface area contributed by atoms with Gasteiger partial charge in [0.2, 0.25) is 5.91 Å². The summed E-state index contributed by atoms with van der Waals surface area (Å²) in [5, 5.41) is 9.57. The molecule has 1 unspecified atom stereocenters. The maximum absolute atomic E-state index is 12.7. The van der Waals surface area contributed by atoms with Crippen LogP contribution in [0.3, 0.4) is 0 Å². The van der Waals surface area contributed by atoms with Crippen LogP contribution in [0.2, 0.25) is 0 Å². The van der Waals surface area contributed by atoms with Gasteiger partial charge in [-0.05, 0) is 36.1 Å². The number of esters is 1. The van der Waals surface area contributed by atoms with E-state index in [0.717, 1.165) is 5.56 Å². The lowest BCUT2D eigenvalue weighted by Crippen LogP contribution is -2.32. The van der Waals surface area contributed by atoms with Crippen molar-refractivity contribution in [1.82, 2.24) is 10.3 Å². The first-order valence-corrected chi connectivity index (χ1v) is 11.6. The van der Waals surface area contributed by atoms with E-state index in [1.165, 1.54) is 22.7 Å². The fourth-order valence-corrected chi connectivity index (χ4v) is 4.24. The van der Waals surface area contributed by atoms with Crippen LogP contribution in [0, 0.1) is 0 Å². The molecule has 2 N–H and O–H groups in total. The average molecular weight is 474 g/mol. The van der Waals surface area contributed by atoms with Crippen LogP contribution in [0.25, 0.3) is 0 Å². The number of hydrogen-bond acceptors (Lipinski definition) is 8. The number of anilines is 1. The summed E-state index contributed by atoms with van der Waals surface area (Å²) in [5.41, 5.74) is 1.25. The lowest BCUT2D eigenvalue weighted by Gasteiger charge is -2.19.